The van der Waals surface area contributed by atoms with Gasteiger partial charge in [-0.15, -0.1) is 0 Å². The first kappa shape index (κ1) is 16.7. The maximum absolute atomic E-state index is 13.6. The number of anilines is 1. The Morgan fingerprint density at radius 2 is 2.08 bits per heavy atom. The standard InChI is InChI=1S/C20H17FN2O2/c1-20(2)11-14-9-13(7-8-18(14)25-20)10-15(12-22)19(24)23-17-6-4-3-5-16(17)21/h3-10H,11H2,1-2H3,(H,23,24). The van der Waals surface area contributed by atoms with Gasteiger partial charge in [0.2, 0.25) is 0 Å². The molecule has 1 heterocycles. The molecule has 1 amide bonds. The highest BCUT2D eigenvalue weighted by atomic mass is 19.1. The monoisotopic (exact) mass is 336 g/mol. The number of rotatable bonds is 3. The normalized spacial score (nSPS) is 15.0. The van der Waals surface area contributed by atoms with Crippen LogP contribution in [0, 0.1) is 17.1 Å². The van der Waals surface area contributed by atoms with E-state index in [0.717, 1.165) is 23.3 Å². The van der Waals surface area contributed by atoms with Gasteiger partial charge in [0.1, 0.15) is 28.8 Å². The minimum atomic E-state index is -0.648. The summed E-state index contributed by atoms with van der Waals surface area (Å²) in [5.41, 5.74) is 1.44. The summed E-state index contributed by atoms with van der Waals surface area (Å²) < 4.78 is 19.4. The number of carbonyl (C=O) groups excluding carboxylic acids is 1. The number of halogens is 1. The molecule has 0 bridgehead atoms. The molecule has 1 N–H and O–H groups in total. The van der Waals surface area contributed by atoms with E-state index in [4.69, 9.17) is 4.74 Å². The third kappa shape index (κ3) is 3.69. The average Bonchev–Trinajstić information content (AvgIpc) is 2.87. The highest BCUT2D eigenvalue weighted by Gasteiger charge is 2.29. The fourth-order valence-corrected chi connectivity index (χ4v) is 2.79. The van der Waals surface area contributed by atoms with Crippen LogP contribution in [0.2, 0.25) is 0 Å². The fourth-order valence-electron chi connectivity index (χ4n) is 2.79. The summed E-state index contributed by atoms with van der Waals surface area (Å²) in [6.45, 7) is 4.01. The minimum Gasteiger partial charge on any atom is -0.487 e. The summed E-state index contributed by atoms with van der Waals surface area (Å²) in [4.78, 5) is 12.2. The molecule has 0 unspecified atom stereocenters. The summed E-state index contributed by atoms with van der Waals surface area (Å²) in [5.74, 6) is -0.383. The van der Waals surface area contributed by atoms with Crippen LogP contribution in [-0.2, 0) is 11.2 Å². The zero-order valence-electron chi connectivity index (χ0n) is 14.0. The Morgan fingerprint density at radius 3 is 2.80 bits per heavy atom. The van der Waals surface area contributed by atoms with Crippen LogP contribution in [0.5, 0.6) is 5.75 Å². The molecule has 0 saturated heterocycles. The number of para-hydroxylation sites is 1. The molecular formula is C20H17FN2O2. The number of fused-ring (bicyclic) bond motifs is 1. The van der Waals surface area contributed by atoms with Crippen molar-refractivity contribution in [2.24, 2.45) is 0 Å². The van der Waals surface area contributed by atoms with E-state index in [2.05, 4.69) is 5.32 Å². The minimum absolute atomic E-state index is 0.0396. The summed E-state index contributed by atoms with van der Waals surface area (Å²) in [5, 5.41) is 11.7. The Kier molecular flexibility index (Phi) is 4.28. The highest BCUT2D eigenvalue weighted by Crippen LogP contribution is 2.35. The number of nitriles is 1. The summed E-state index contributed by atoms with van der Waals surface area (Å²) in [6.07, 6.45) is 2.25. The van der Waals surface area contributed by atoms with Gasteiger partial charge in [0.15, 0.2) is 0 Å². The lowest BCUT2D eigenvalue weighted by atomic mass is 9.99. The van der Waals surface area contributed by atoms with Gasteiger partial charge in [-0.1, -0.05) is 18.2 Å². The highest BCUT2D eigenvalue weighted by molar-refractivity contribution is 6.09. The van der Waals surface area contributed by atoms with Crippen molar-refractivity contribution in [1.82, 2.24) is 0 Å². The van der Waals surface area contributed by atoms with Crippen molar-refractivity contribution in [2.75, 3.05) is 5.32 Å². The van der Waals surface area contributed by atoms with Crippen molar-refractivity contribution in [3.8, 4) is 11.8 Å². The van der Waals surface area contributed by atoms with E-state index in [0.29, 0.717) is 0 Å². The van der Waals surface area contributed by atoms with E-state index in [1.54, 1.807) is 12.1 Å². The predicted octanol–water partition coefficient (Wildman–Crippen LogP) is 4.08. The predicted molar refractivity (Wildman–Crippen MR) is 93.5 cm³/mol. The molecule has 1 aliphatic heterocycles. The molecule has 3 rings (SSSR count). The quantitative estimate of drug-likeness (QED) is 0.678. The molecule has 0 aliphatic carbocycles. The average molecular weight is 336 g/mol. The maximum atomic E-state index is 13.6. The number of nitrogens with one attached hydrogen (secondary N) is 1. The number of nitrogens with zero attached hydrogens (tertiary/aromatic N) is 1. The topological polar surface area (TPSA) is 62.1 Å². The van der Waals surface area contributed by atoms with Crippen LogP contribution < -0.4 is 10.1 Å². The molecule has 0 atom stereocenters. The van der Waals surface area contributed by atoms with Gasteiger partial charge in [0.05, 0.1) is 5.69 Å². The molecule has 2 aromatic rings. The van der Waals surface area contributed by atoms with Gasteiger partial charge >= 0.3 is 0 Å². The molecule has 0 saturated carbocycles. The Balaban J connectivity index is 1.83. The van der Waals surface area contributed by atoms with E-state index in [1.165, 1.54) is 24.3 Å². The van der Waals surface area contributed by atoms with Crippen molar-refractivity contribution in [1.29, 1.82) is 5.26 Å². The van der Waals surface area contributed by atoms with Crippen molar-refractivity contribution in [3.63, 3.8) is 0 Å². The van der Waals surface area contributed by atoms with Gasteiger partial charge in [-0.05, 0) is 55.3 Å². The second kappa shape index (κ2) is 6.40. The van der Waals surface area contributed by atoms with Crippen LogP contribution in [0.4, 0.5) is 10.1 Å². The lowest BCUT2D eigenvalue weighted by Crippen LogP contribution is -2.24. The van der Waals surface area contributed by atoms with E-state index in [-0.39, 0.29) is 16.9 Å². The van der Waals surface area contributed by atoms with E-state index in [1.807, 2.05) is 32.0 Å². The van der Waals surface area contributed by atoms with Crippen LogP contribution in [-0.4, -0.2) is 11.5 Å². The fraction of sp³-hybridized carbons (Fsp3) is 0.200. The lowest BCUT2D eigenvalue weighted by molar-refractivity contribution is -0.112. The first-order valence-electron chi connectivity index (χ1n) is 7.87. The molecule has 126 valence electrons. The molecule has 0 fully saturated rings. The number of carbonyl (C=O) groups is 1. The van der Waals surface area contributed by atoms with Crippen LogP contribution in [0.15, 0.2) is 48.0 Å². The van der Waals surface area contributed by atoms with Crippen molar-refractivity contribution in [2.45, 2.75) is 25.9 Å². The molecule has 5 heteroatoms. The Morgan fingerprint density at radius 1 is 1.32 bits per heavy atom. The molecule has 25 heavy (non-hydrogen) atoms. The van der Waals surface area contributed by atoms with Crippen LogP contribution >= 0.6 is 0 Å². The largest absolute Gasteiger partial charge is 0.487 e. The lowest BCUT2D eigenvalue weighted by Gasteiger charge is -2.16. The summed E-state index contributed by atoms with van der Waals surface area (Å²) in [7, 11) is 0. The molecular weight excluding hydrogens is 319 g/mol. The van der Waals surface area contributed by atoms with E-state index in [9.17, 15) is 14.4 Å². The van der Waals surface area contributed by atoms with Crippen molar-refractivity contribution < 1.29 is 13.9 Å². The SMILES string of the molecule is CC1(C)Cc2cc(C=C(C#N)C(=O)Nc3ccccc3F)ccc2O1. The Labute approximate surface area is 145 Å². The van der Waals surface area contributed by atoms with Gasteiger partial charge < -0.3 is 10.1 Å². The molecule has 0 spiro atoms. The zero-order chi connectivity index (χ0) is 18.0. The third-order valence-electron chi connectivity index (χ3n) is 3.89. The number of benzene rings is 2. The smallest absolute Gasteiger partial charge is 0.266 e. The van der Waals surface area contributed by atoms with Gasteiger partial charge in [-0.3, -0.25) is 4.79 Å². The second-order valence-electron chi connectivity index (χ2n) is 6.51. The molecule has 0 aromatic heterocycles. The van der Waals surface area contributed by atoms with Crippen molar-refractivity contribution in [3.05, 3.63) is 65.0 Å². The van der Waals surface area contributed by atoms with Crippen LogP contribution in [0.25, 0.3) is 6.08 Å². The third-order valence-corrected chi connectivity index (χ3v) is 3.89. The Bertz CT molecular complexity index is 910. The van der Waals surface area contributed by atoms with E-state index < -0.39 is 11.7 Å². The van der Waals surface area contributed by atoms with Gasteiger partial charge in [0.25, 0.3) is 5.91 Å². The van der Waals surface area contributed by atoms with Crippen LogP contribution in [0.1, 0.15) is 25.0 Å². The molecule has 2 aromatic carbocycles. The number of amides is 1. The van der Waals surface area contributed by atoms with Crippen molar-refractivity contribution >= 4 is 17.7 Å². The number of ether oxygens (including phenoxy) is 1. The van der Waals surface area contributed by atoms with E-state index >= 15 is 0 Å². The molecule has 0 radical (unpaired) electrons. The number of hydrogen-bond donors (Lipinski definition) is 1. The van der Waals surface area contributed by atoms with Gasteiger partial charge in [-0.25, -0.2) is 4.39 Å². The first-order valence-corrected chi connectivity index (χ1v) is 7.87. The number of hydrogen-bond acceptors (Lipinski definition) is 3. The maximum Gasteiger partial charge on any atom is 0.266 e. The molecule has 1 aliphatic rings. The second-order valence-corrected chi connectivity index (χ2v) is 6.51. The van der Waals surface area contributed by atoms with Gasteiger partial charge in [-0.2, -0.15) is 5.26 Å². The Hall–Kier alpha value is -3.13. The zero-order valence-corrected chi connectivity index (χ0v) is 14.0. The summed E-state index contributed by atoms with van der Waals surface area (Å²) >= 11 is 0. The molecule has 4 nitrogen and oxygen atoms in total. The summed E-state index contributed by atoms with van der Waals surface area (Å²) in [6, 6.07) is 13.2. The van der Waals surface area contributed by atoms with Crippen LogP contribution in [0.3, 0.4) is 0 Å². The van der Waals surface area contributed by atoms with Gasteiger partial charge in [0, 0.05) is 6.42 Å². The first-order chi connectivity index (χ1) is 11.9.